The normalized spacial score (nSPS) is 10.9. The van der Waals surface area contributed by atoms with Gasteiger partial charge in [0.15, 0.2) is 5.65 Å². The molecule has 2 heterocycles. The minimum absolute atomic E-state index is 0.164. The second-order valence-corrected chi connectivity index (χ2v) is 5.40. The van der Waals surface area contributed by atoms with Crippen molar-refractivity contribution in [3.8, 4) is 28.5 Å². The van der Waals surface area contributed by atoms with Gasteiger partial charge in [0.05, 0.1) is 0 Å². The van der Waals surface area contributed by atoms with E-state index in [0.717, 1.165) is 11.1 Å². The molecular formula is C17H11ClN4O2. The molecule has 0 fully saturated rings. The molecule has 1 N–H and O–H groups in total. The Bertz CT molecular complexity index is 1030. The van der Waals surface area contributed by atoms with Crippen LogP contribution in [-0.2, 0) is 0 Å². The fraction of sp³-hybridized carbons (Fsp3) is 0. The van der Waals surface area contributed by atoms with E-state index in [2.05, 4.69) is 15.3 Å². The number of phenols is 1. The van der Waals surface area contributed by atoms with E-state index in [9.17, 15) is 5.11 Å². The summed E-state index contributed by atoms with van der Waals surface area (Å²) in [6.45, 7) is 0. The summed E-state index contributed by atoms with van der Waals surface area (Å²) >= 11 is 5.94. The second kappa shape index (κ2) is 5.82. The van der Waals surface area contributed by atoms with Crippen LogP contribution in [0.1, 0.15) is 0 Å². The molecule has 6 nitrogen and oxygen atoms in total. The van der Waals surface area contributed by atoms with Crippen molar-refractivity contribution < 1.29 is 9.84 Å². The lowest BCUT2D eigenvalue weighted by Gasteiger charge is -2.11. The van der Waals surface area contributed by atoms with Gasteiger partial charge in [0.1, 0.15) is 11.5 Å². The van der Waals surface area contributed by atoms with Crippen LogP contribution in [0.3, 0.4) is 0 Å². The Balaban J connectivity index is 1.75. The number of ether oxygens (including phenoxy) is 1. The first kappa shape index (κ1) is 14.5. The van der Waals surface area contributed by atoms with Gasteiger partial charge in [-0.1, -0.05) is 30.3 Å². The van der Waals surface area contributed by atoms with Crippen LogP contribution in [0.4, 0.5) is 0 Å². The summed E-state index contributed by atoms with van der Waals surface area (Å²) in [5, 5.41) is 21.8. The first-order valence-electron chi connectivity index (χ1n) is 7.15. The third-order valence-electron chi connectivity index (χ3n) is 3.46. The molecule has 0 saturated carbocycles. The molecule has 2 aromatic heterocycles. The van der Waals surface area contributed by atoms with E-state index in [4.69, 9.17) is 16.3 Å². The molecule has 0 atom stereocenters. The maximum absolute atomic E-state index is 9.70. The molecule has 0 unspecified atom stereocenters. The van der Waals surface area contributed by atoms with E-state index in [1.165, 1.54) is 4.52 Å². The maximum atomic E-state index is 9.70. The van der Waals surface area contributed by atoms with Crippen molar-refractivity contribution in [2.45, 2.75) is 0 Å². The molecule has 0 aliphatic rings. The van der Waals surface area contributed by atoms with E-state index >= 15 is 0 Å². The molecule has 0 saturated heterocycles. The zero-order valence-electron chi connectivity index (χ0n) is 12.3. The fourth-order valence-corrected chi connectivity index (χ4v) is 2.54. The topological polar surface area (TPSA) is 72.5 Å². The molecule has 118 valence electrons. The molecule has 4 rings (SSSR count). The summed E-state index contributed by atoms with van der Waals surface area (Å²) in [5.41, 5.74) is 2.22. The Morgan fingerprint density at radius 2 is 1.83 bits per heavy atom. The van der Waals surface area contributed by atoms with Gasteiger partial charge in [-0.25, -0.2) is 0 Å². The Morgan fingerprint density at radius 1 is 0.958 bits per heavy atom. The third-order valence-corrected chi connectivity index (χ3v) is 3.69. The molecule has 0 amide bonds. The van der Waals surface area contributed by atoms with Crippen molar-refractivity contribution in [2.75, 3.05) is 0 Å². The van der Waals surface area contributed by atoms with Gasteiger partial charge in [-0.3, -0.25) is 0 Å². The monoisotopic (exact) mass is 338 g/mol. The number of para-hydroxylation sites is 1. The summed E-state index contributed by atoms with van der Waals surface area (Å²) in [4.78, 5) is 0. The summed E-state index contributed by atoms with van der Waals surface area (Å²) in [6.07, 6.45) is 0. The van der Waals surface area contributed by atoms with Crippen molar-refractivity contribution in [3.63, 3.8) is 0 Å². The number of phenolic OH excluding ortho intramolecular Hbond substituents is 1. The molecule has 0 spiro atoms. The van der Waals surface area contributed by atoms with Crippen LogP contribution < -0.4 is 4.74 Å². The molecule has 0 bridgehead atoms. The average molecular weight is 339 g/mol. The summed E-state index contributed by atoms with van der Waals surface area (Å²) in [7, 11) is 0. The van der Waals surface area contributed by atoms with Crippen LogP contribution in [0, 0.1) is 0 Å². The van der Waals surface area contributed by atoms with E-state index < -0.39 is 0 Å². The molecule has 0 aliphatic heterocycles. The molecule has 0 radical (unpaired) electrons. The zero-order chi connectivity index (χ0) is 16.5. The average Bonchev–Trinajstić information content (AvgIpc) is 2.96. The largest absolute Gasteiger partial charge is 0.508 e. The molecule has 24 heavy (non-hydrogen) atoms. The van der Waals surface area contributed by atoms with Crippen molar-refractivity contribution in [1.29, 1.82) is 0 Å². The van der Waals surface area contributed by atoms with Crippen molar-refractivity contribution in [3.05, 3.63) is 65.9 Å². The number of fused-ring (bicyclic) bond motifs is 1. The van der Waals surface area contributed by atoms with Gasteiger partial charge in [-0.15, -0.1) is 15.3 Å². The first-order valence-corrected chi connectivity index (χ1v) is 7.53. The Labute approximate surface area is 141 Å². The number of aromatic hydroxyl groups is 1. The molecule has 4 aromatic rings. The first-order chi connectivity index (χ1) is 11.7. The molecule has 0 aliphatic carbocycles. The van der Waals surface area contributed by atoms with Crippen LogP contribution >= 0.6 is 11.6 Å². The number of halogens is 1. The lowest BCUT2D eigenvalue weighted by Crippen LogP contribution is -1.96. The van der Waals surface area contributed by atoms with E-state index in [-0.39, 0.29) is 11.0 Å². The number of hydrogen-bond acceptors (Lipinski definition) is 5. The molecular weight excluding hydrogens is 328 g/mol. The Hall–Kier alpha value is -3.12. The number of benzene rings is 2. The zero-order valence-corrected chi connectivity index (χ0v) is 13.1. The highest BCUT2D eigenvalue weighted by molar-refractivity contribution is 6.28. The Morgan fingerprint density at radius 3 is 2.71 bits per heavy atom. The van der Waals surface area contributed by atoms with Gasteiger partial charge < -0.3 is 9.84 Å². The van der Waals surface area contributed by atoms with Gasteiger partial charge in [-0.05, 0) is 41.4 Å². The highest BCUT2D eigenvalue weighted by atomic mass is 35.5. The number of nitrogens with zero attached hydrogens (tertiary/aromatic N) is 4. The highest BCUT2D eigenvalue weighted by Crippen LogP contribution is 2.33. The van der Waals surface area contributed by atoms with Gasteiger partial charge in [0.25, 0.3) is 0 Å². The highest BCUT2D eigenvalue weighted by Gasteiger charge is 2.10. The third kappa shape index (κ3) is 2.63. The van der Waals surface area contributed by atoms with Crippen LogP contribution in [-0.4, -0.2) is 24.9 Å². The standard InChI is InChI=1S/C17H11ClN4O2/c18-17-20-19-15-8-9-16(21-22(15)17)24-14-7-2-1-6-13(14)11-4-3-5-12(23)10-11/h1-10,23H. The van der Waals surface area contributed by atoms with Gasteiger partial charge in [0.2, 0.25) is 11.2 Å². The lowest BCUT2D eigenvalue weighted by molar-refractivity contribution is 0.454. The lowest BCUT2D eigenvalue weighted by atomic mass is 10.0. The Kier molecular flexibility index (Phi) is 3.51. The second-order valence-electron chi connectivity index (χ2n) is 5.06. The van der Waals surface area contributed by atoms with Crippen LogP contribution in [0.15, 0.2) is 60.7 Å². The van der Waals surface area contributed by atoms with E-state index in [1.807, 2.05) is 30.3 Å². The predicted molar refractivity (Wildman–Crippen MR) is 89.4 cm³/mol. The van der Waals surface area contributed by atoms with Gasteiger partial charge >= 0.3 is 0 Å². The quantitative estimate of drug-likeness (QED) is 0.612. The molecule has 2 aromatic carbocycles. The predicted octanol–water partition coefficient (Wildman–Crippen LogP) is 3.94. The number of hydrogen-bond donors (Lipinski definition) is 1. The number of aromatic nitrogens is 4. The van der Waals surface area contributed by atoms with Crippen LogP contribution in [0.2, 0.25) is 5.28 Å². The summed E-state index contributed by atoms with van der Waals surface area (Å²) in [6, 6.07) is 17.9. The van der Waals surface area contributed by atoms with Crippen molar-refractivity contribution in [1.82, 2.24) is 19.8 Å². The van der Waals surface area contributed by atoms with Crippen molar-refractivity contribution >= 4 is 17.2 Å². The number of rotatable bonds is 3. The minimum atomic E-state index is 0.164. The van der Waals surface area contributed by atoms with Gasteiger partial charge in [-0.2, -0.15) is 4.52 Å². The molecule has 7 heteroatoms. The SMILES string of the molecule is Oc1cccc(-c2ccccc2Oc2ccc3nnc(Cl)n3n2)c1. The maximum Gasteiger partial charge on any atom is 0.246 e. The minimum Gasteiger partial charge on any atom is -0.508 e. The smallest absolute Gasteiger partial charge is 0.246 e. The fourth-order valence-electron chi connectivity index (χ4n) is 2.38. The summed E-state index contributed by atoms with van der Waals surface area (Å²) in [5.74, 6) is 1.16. The summed E-state index contributed by atoms with van der Waals surface area (Å²) < 4.78 is 7.31. The van der Waals surface area contributed by atoms with Crippen molar-refractivity contribution in [2.24, 2.45) is 0 Å². The van der Waals surface area contributed by atoms with Crippen LogP contribution in [0.5, 0.6) is 17.4 Å². The van der Waals surface area contributed by atoms with Gasteiger partial charge in [0, 0.05) is 11.6 Å². The van der Waals surface area contributed by atoms with E-state index in [1.54, 1.807) is 30.3 Å². The van der Waals surface area contributed by atoms with Crippen LogP contribution in [0.25, 0.3) is 16.8 Å². The van der Waals surface area contributed by atoms with E-state index in [0.29, 0.717) is 17.3 Å².